The third-order valence-corrected chi connectivity index (χ3v) is 3.89. The van der Waals surface area contributed by atoms with Crippen molar-refractivity contribution in [3.05, 3.63) is 66.2 Å². The van der Waals surface area contributed by atoms with E-state index in [4.69, 9.17) is 15.2 Å². The Morgan fingerprint density at radius 2 is 1.46 bits per heavy atom. The van der Waals surface area contributed by atoms with Crippen LogP contribution in [0.2, 0.25) is 0 Å². The molecule has 0 spiro atoms. The molecular formula is C21H23NO2. The molecule has 0 aromatic heterocycles. The Morgan fingerprint density at radius 3 is 2.17 bits per heavy atom. The summed E-state index contributed by atoms with van der Waals surface area (Å²) in [5.41, 5.74) is 7.08. The van der Waals surface area contributed by atoms with Crippen LogP contribution in [0.3, 0.4) is 0 Å². The van der Waals surface area contributed by atoms with Crippen LogP contribution in [0.25, 0.3) is 10.8 Å². The van der Waals surface area contributed by atoms with E-state index in [2.05, 4.69) is 31.2 Å². The fourth-order valence-corrected chi connectivity index (χ4v) is 2.55. The molecule has 3 aromatic rings. The van der Waals surface area contributed by atoms with Gasteiger partial charge in [0, 0.05) is 6.04 Å². The summed E-state index contributed by atoms with van der Waals surface area (Å²) in [6, 6.07) is 20.1. The smallest absolute Gasteiger partial charge is 0.128 e. The number of nitrogens with two attached hydrogens (primary N) is 1. The van der Waals surface area contributed by atoms with Crippen molar-refractivity contribution in [1.29, 1.82) is 0 Å². The number of ether oxygens (including phenoxy) is 2. The van der Waals surface area contributed by atoms with Crippen molar-refractivity contribution in [2.75, 3.05) is 6.61 Å². The van der Waals surface area contributed by atoms with E-state index in [9.17, 15) is 0 Å². The topological polar surface area (TPSA) is 44.5 Å². The van der Waals surface area contributed by atoms with E-state index < -0.39 is 0 Å². The number of hydrogen-bond donors (Lipinski definition) is 1. The lowest BCUT2D eigenvalue weighted by Crippen LogP contribution is -2.04. The summed E-state index contributed by atoms with van der Waals surface area (Å²) in [5, 5.41) is 2.31. The molecule has 124 valence electrons. The second kappa shape index (κ2) is 7.37. The predicted octanol–water partition coefficient (Wildman–Crippen LogP) is 5.44. The van der Waals surface area contributed by atoms with Crippen LogP contribution in [0.5, 0.6) is 17.2 Å². The first-order valence-corrected chi connectivity index (χ1v) is 8.35. The number of benzene rings is 3. The monoisotopic (exact) mass is 321 g/mol. The molecule has 1 unspecified atom stereocenters. The highest BCUT2D eigenvalue weighted by Gasteiger charge is 2.04. The van der Waals surface area contributed by atoms with Crippen molar-refractivity contribution < 1.29 is 9.47 Å². The van der Waals surface area contributed by atoms with Crippen LogP contribution in [0.1, 0.15) is 31.9 Å². The number of hydrogen-bond acceptors (Lipinski definition) is 3. The lowest BCUT2D eigenvalue weighted by molar-refractivity contribution is 0.317. The maximum atomic E-state index is 5.94. The molecule has 24 heavy (non-hydrogen) atoms. The Morgan fingerprint density at radius 1 is 0.833 bits per heavy atom. The molecule has 0 aliphatic rings. The SMILES string of the molecule is CCCOc1ccc(Oc2ccc3cc(C(C)N)ccc3c2)cc1. The molecule has 0 radical (unpaired) electrons. The van der Waals surface area contributed by atoms with Gasteiger partial charge in [0.05, 0.1) is 6.61 Å². The van der Waals surface area contributed by atoms with Crippen molar-refractivity contribution >= 4 is 10.8 Å². The highest BCUT2D eigenvalue weighted by Crippen LogP contribution is 2.28. The normalized spacial score (nSPS) is 12.1. The highest BCUT2D eigenvalue weighted by molar-refractivity contribution is 5.84. The van der Waals surface area contributed by atoms with Gasteiger partial charge < -0.3 is 15.2 Å². The van der Waals surface area contributed by atoms with Gasteiger partial charge in [-0.05, 0) is 72.1 Å². The van der Waals surface area contributed by atoms with E-state index in [0.29, 0.717) is 0 Å². The molecule has 0 saturated carbocycles. The second-order valence-corrected chi connectivity index (χ2v) is 5.98. The molecule has 2 N–H and O–H groups in total. The molecule has 1 atom stereocenters. The minimum absolute atomic E-state index is 0.0405. The standard InChI is InChI=1S/C21H23NO2/c1-3-12-23-19-8-10-20(11-9-19)24-21-7-6-17-13-16(15(2)22)4-5-18(17)14-21/h4-11,13-15H,3,12,22H2,1-2H3. The molecule has 0 fully saturated rings. The average molecular weight is 321 g/mol. The summed E-state index contributed by atoms with van der Waals surface area (Å²) < 4.78 is 11.5. The van der Waals surface area contributed by atoms with Crippen LogP contribution in [0, 0.1) is 0 Å². The molecule has 3 nitrogen and oxygen atoms in total. The minimum atomic E-state index is 0.0405. The van der Waals surface area contributed by atoms with E-state index in [1.54, 1.807) is 0 Å². The zero-order valence-electron chi connectivity index (χ0n) is 14.2. The highest BCUT2D eigenvalue weighted by atomic mass is 16.5. The largest absolute Gasteiger partial charge is 0.494 e. The number of rotatable bonds is 6. The van der Waals surface area contributed by atoms with E-state index >= 15 is 0 Å². The Kier molecular flexibility index (Phi) is 5.02. The van der Waals surface area contributed by atoms with Gasteiger partial charge in [-0.15, -0.1) is 0 Å². The summed E-state index contributed by atoms with van der Waals surface area (Å²) in [5.74, 6) is 2.48. The van der Waals surface area contributed by atoms with Gasteiger partial charge in [-0.2, -0.15) is 0 Å². The molecule has 0 bridgehead atoms. The first kappa shape index (κ1) is 16.3. The maximum absolute atomic E-state index is 5.94. The van der Waals surface area contributed by atoms with Crippen molar-refractivity contribution in [3.63, 3.8) is 0 Å². The quantitative estimate of drug-likeness (QED) is 0.657. The number of fused-ring (bicyclic) bond motifs is 1. The Labute approximate surface area is 143 Å². The Balaban J connectivity index is 1.76. The first-order chi connectivity index (χ1) is 11.7. The summed E-state index contributed by atoms with van der Waals surface area (Å²) in [6.45, 7) is 4.81. The molecular weight excluding hydrogens is 298 g/mol. The van der Waals surface area contributed by atoms with Gasteiger partial charge in [-0.1, -0.05) is 25.1 Å². The molecule has 0 aliphatic carbocycles. The second-order valence-electron chi connectivity index (χ2n) is 5.98. The summed E-state index contributed by atoms with van der Waals surface area (Å²) in [4.78, 5) is 0. The van der Waals surface area contributed by atoms with Crippen LogP contribution in [0.15, 0.2) is 60.7 Å². The third kappa shape index (κ3) is 3.87. The summed E-state index contributed by atoms with van der Waals surface area (Å²) in [7, 11) is 0. The van der Waals surface area contributed by atoms with Gasteiger partial charge in [-0.3, -0.25) is 0 Å². The van der Waals surface area contributed by atoms with E-state index in [-0.39, 0.29) is 6.04 Å². The predicted molar refractivity (Wildman–Crippen MR) is 98.9 cm³/mol. The van der Waals surface area contributed by atoms with E-state index in [1.165, 1.54) is 5.39 Å². The molecule has 0 saturated heterocycles. The van der Waals surface area contributed by atoms with Crippen LogP contribution in [-0.4, -0.2) is 6.61 Å². The molecule has 3 rings (SSSR count). The Bertz CT molecular complexity index is 810. The molecule has 0 heterocycles. The fourth-order valence-electron chi connectivity index (χ4n) is 2.55. The zero-order chi connectivity index (χ0) is 16.9. The molecule has 3 aromatic carbocycles. The minimum Gasteiger partial charge on any atom is -0.494 e. The van der Waals surface area contributed by atoms with Gasteiger partial charge >= 0.3 is 0 Å². The van der Waals surface area contributed by atoms with E-state index in [0.717, 1.165) is 41.2 Å². The average Bonchev–Trinajstić information content (AvgIpc) is 2.60. The van der Waals surface area contributed by atoms with Gasteiger partial charge in [0.25, 0.3) is 0 Å². The van der Waals surface area contributed by atoms with E-state index in [1.807, 2.05) is 43.3 Å². The first-order valence-electron chi connectivity index (χ1n) is 8.35. The zero-order valence-corrected chi connectivity index (χ0v) is 14.2. The van der Waals surface area contributed by atoms with Gasteiger partial charge in [-0.25, -0.2) is 0 Å². The van der Waals surface area contributed by atoms with Crippen LogP contribution >= 0.6 is 0 Å². The van der Waals surface area contributed by atoms with Crippen LogP contribution in [0.4, 0.5) is 0 Å². The van der Waals surface area contributed by atoms with Gasteiger partial charge in [0.2, 0.25) is 0 Å². The Hall–Kier alpha value is -2.52. The van der Waals surface area contributed by atoms with Crippen LogP contribution < -0.4 is 15.2 Å². The summed E-state index contributed by atoms with van der Waals surface area (Å²) in [6.07, 6.45) is 1.000. The van der Waals surface area contributed by atoms with Crippen LogP contribution in [-0.2, 0) is 0 Å². The van der Waals surface area contributed by atoms with Crippen molar-refractivity contribution in [2.24, 2.45) is 5.73 Å². The third-order valence-electron chi connectivity index (χ3n) is 3.89. The lowest BCUT2D eigenvalue weighted by atomic mass is 10.0. The van der Waals surface area contributed by atoms with Crippen molar-refractivity contribution in [2.45, 2.75) is 26.3 Å². The van der Waals surface area contributed by atoms with Gasteiger partial charge in [0.1, 0.15) is 17.2 Å². The molecule has 3 heteroatoms. The molecule has 0 aliphatic heterocycles. The fraction of sp³-hybridized carbons (Fsp3) is 0.238. The van der Waals surface area contributed by atoms with Crippen molar-refractivity contribution in [1.82, 2.24) is 0 Å². The summed E-state index contributed by atoms with van der Waals surface area (Å²) >= 11 is 0. The van der Waals surface area contributed by atoms with Crippen molar-refractivity contribution in [3.8, 4) is 17.2 Å². The molecule has 0 amide bonds. The lowest BCUT2D eigenvalue weighted by Gasteiger charge is -2.10. The van der Waals surface area contributed by atoms with Gasteiger partial charge in [0.15, 0.2) is 0 Å². The maximum Gasteiger partial charge on any atom is 0.128 e.